The Bertz CT molecular complexity index is 1290. The number of aromatic nitrogens is 2. The van der Waals surface area contributed by atoms with Gasteiger partial charge in [-0.2, -0.15) is 15.7 Å². The first-order chi connectivity index (χ1) is 17.4. The lowest BCUT2D eigenvalue weighted by molar-refractivity contribution is 0.0298. The molecule has 2 aromatic carbocycles. The number of β-amino-alcohol motifs (C(OH)–C–C–N with tert-alkyl or cyclic N) is 1. The van der Waals surface area contributed by atoms with E-state index in [9.17, 15) is 19.0 Å². The minimum atomic E-state index is -3.11. The van der Waals surface area contributed by atoms with E-state index >= 15 is 0 Å². The number of carbonyl (C=O) groups is 1. The molecule has 2 saturated heterocycles. The minimum Gasteiger partial charge on any atom is -0.392 e. The second kappa shape index (κ2) is 9.29. The molecule has 1 unspecified atom stereocenters. The van der Waals surface area contributed by atoms with Gasteiger partial charge in [-0.1, -0.05) is 30.3 Å². The third-order valence-electron chi connectivity index (χ3n) is 7.16. The van der Waals surface area contributed by atoms with Crippen LogP contribution < -0.4 is 0 Å². The van der Waals surface area contributed by atoms with Crippen molar-refractivity contribution in [3.8, 4) is 16.9 Å². The number of fused-ring (bicyclic) bond motifs is 3. The Morgan fingerprint density at radius 1 is 1.06 bits per heavy atom. The quantitative estimate of drug-likeness (QED) is 0.494. The van der Waals surface area contributed by atoms with Crippen LogP contribution in [0.4, 0.5) is 0 Å². The van der Waals surface area contributed by atoms with Crippen LogP contribution in [-0.2, 0) is 17.0 Å². The predicted octanol–water partition coefficient (Wildman–Crippen LogP) is 3.20. The van der Waals surface area contributed by atoms with Gasteiger partial charge in [0.05, 0.1) is 41.3 Å². The highest BCUT2D eigenvalue weighted by molar-refractivity contribution is 8.23. The Morgan fingerprint density at radius 3 is 2.53 bits per heavy atom. The SMILES string of the molecule is O=C(c1nn(-c2ccc(CN3CCC(O)C3)cc2)c2c1CS(O)(O)c1ccccc1-2)N1CCOCC1. The molecule has 6 rings (SSSR count). The lowest BCUT2D eigenvalue weighted by Crippen LogP contribution is -2.41. The first kappa shape index (κ1) is 23.7. The van der Waals surface area contributed by atoms with Crippen LogP contribution in [0, 0.1) is 0 Å². The Balaban J connectivity index is 1.41. The number of nitrogens with zero attached hydrogens (tertiary/aromatic N) is 4. The molecule has 0 radical (unpaired) electrons. The van der Waals surface area contributed by atoms with E-state index in [0.717, 1.165) is 36.5 Å². The first-order valence-corrected chi connectivity index (χ1v) is 14.0. The van der Waals surface area contributed by atoms with Crippen molar-refractivity contribution in [1.29, 1.82) is 0 Å². The molecule has 1 amide bonds. The van der Waals surface area contributed by atoms with Crippen molar-refractivity contribution >= 4 is 16.5 Å². The van der Waals surface area contributed by atoms with Crippen molar-refractivity contribution in [1.82, 2.24) is 19.6 Å². The number of carbonyl (C=O) groups excluding carboxylic acids is 1. The zero-order valence-corrected chi connectivity index (χ0v) is 20.7. The minimum absolute atomic E-state index is 0.0415. The molecule has 3 aliphatic rings. The number of aliphatic hydroxyl groups is 1. The molecule has 0 saturated carbocycles. The van der Waals surface area contributed by atoms with Crippen molar-refractivity contribution < 1.29 is 23.7 Å². The van der Waals surface area contributed by atoms with E-state index in [4.69, 9.17) is 9.84 Å². The van der Waals surface area contributed by atoms with E-state index in [-0.39, 0.29) is 23.5 Å². The molecule has 0 aliphatic carbocycles. The van der Waals surface area contributed by atoms with Crippen molar-refractivity contribution in [3.63, 3.8) is 0 Å². The number of rotatable bonds is 4. The Morgan fingerprint density at radius 2 is 1.81 bits per heavy atom. The second-order valence-electron chi connectivity index (χ2n) is 9.64. The van der Waals surface area contributed by atoms with Gasteiger partial charge in [-0.15, -0.1) is 0 Å². The Labute approximate surface area is 211 Å². The molecule has 190 valence electrons. The molecule has 0 spiro atoms. The molecule has 3 aromatic rings. The summed E-state index contributed by atoms with van der Waals surface area (Å²) in [5.74, 6) is -0.257. The second-order valence-corrected chi connectivity index (χ2v) is 11.7. The normalized spacial score (nSPS) is 22.2. The lowest BCUT2D eigenvalue weighted by Gasteiger charge is -2.38. The topological polar surface area (TPSA) is 111 Å². The van der Waals surface area contributed by atoms with Crippen LogP contribution in [0.3, 0.4) is 0 Å². The Hall–Kier alpha value is -2.73. The van der Waals surface area contributed by atoms with Crippen molar-refractivity contribution in [2.24, 2.45) is 0 Å². The van der Waals surface area contributed by atoms with Gasteiger partial charge in [-0.3, -0.25) is 18.8 Å². The zero-order chi connectivity index (χ0) is 24.9. The van der Waals surface area contributed by atoms with Crippen LogP contribution in [0.5, 0.6) is 0 Å². The van der Waals surface area contributed by atoms with Crippen molar-refractivity contribution in [3.05, 3.63) is 65.4 Å². The molecule has 1 atom stereocenters. The first-order valence-electron chi connectivity index (χ1n) is 12.2. The van der Waals surface area contributed by atoms with E-state index in [0.29, 0.717) is 48.9 Å². The van der Waals surface area contributed by atoms with Gasteiger partial charge >= 0.3 is 0 Å². The largest absolute Gasteiger partial charge is 0.392 e. The number of hydrogen-bond acceptors (Lipinski definition) is 7. The molecule has 3 N–H and O–H groups in total. The van der Waals surface area contributed by atoms with Gasteiger partial charge in [0.1, 0.15) is 0 Å². The maximum atomic E-state index is 13.5. The standard InChI is InChI=1S/C26H30N4O5S/c31-20-9-10-28(16-20)15-18-5-7-19(8-6-18)30-25-21-3-1-2-4-23(21)36(33,34)17-22(25)24(27-30)26(32)29-11-13-35-14-12-29/h1-8,20,31,33-34H,9-17H2. The summed E-state index contributed by atoms with van der Waals surface area (Å²) in [6.45, 7) is 4.24. The summed E-state index contributed by atoms with van der Waals surface area (Å²) in [6, 6.07) is 15.3. The number of ether oxygens (including phenoxy) is 1. The predicted molar refractivity (Wildman–Crippen MR) is 136 cm³/mol. The van der Waals surface area contributed by atoms with E-state index in [2.05, 4.69) is 4.90 Å². The molecule has 36 heavy (non-hydrogen) atoms. The number of hydrogen-bond donors (Lipinski definition) is 3. The van der Waals surface area contributed by atoms with Gasteiger partial charge in [0.15, 0.2) is 5.69 Å². The van der Waals surface area contributed by atoms with Crippen LogP contribution in [0.15, 0.2) is 53.4 Å². The van der Waals surface area contributed by atoms with Gasteiger partial charge in [-0.05, 0) is 30.2 Å². The van der Waals surface area contributed by atoms with E-state index in [1.54, 1.807) is 21.7 Å². The van der Waals surface area contributed by atoms with Gasteiger partial charge in [-0.25, -0.2) is 4.68 Å². The average Bonchev–Trinajstić information content (AvgIpc) is 3.47. The zero-order valence-electron chi connectivity index (χ0n) is 19.9. The molecule has 0 bridgehead atoms. The van der Waals surface area contributed by atoms with E-state index in [1.165, 1.54) is 0 Å². The van der Waals surface area contributed by atoms with Crippen LogP contribution in [0.1, 0.15) is 28.0 Å². The fraction of sp³-hybridized carbons (Fsp3) is 0.385. The number of likely N-dealkylation sites (tertiary alicyclic amines) is 1. The third-order valence-corrected chi connectivity index (χ3v) is 8.91. The Kier molecular flexibility index (Phi) is 6.11. The van der Waals surface area contributed by atoms with Gasteiger partial charge in [0.25, 0.3) is 5.91 Å². The molecule has 9 nitrogen and oxygen atoms in total. The summed E-state index contributed by atoms with van der Waals surface area (Å²) in [4.78, 5) is 18.0. The highest BCUT2D eigenvalue weighted by Crippen LogP contribution is 2.59. The van der Waals surface area contributed by atoms with Gasteiger partial charge in [0, 0.05) is 43.9 Å². The van der Waals surface area contributed by atoms with Crippen LogP contribution in [0.25, 0.3) is 16.9 Å². The summed E-state index contributed by atoms with van der Waals surface area (Å²) < 4.78 is 29.2. The number of amides is 1. The molecule has 3 aliphatic heterocycles. The van der Waals surface area contributed by atoms with Gasteiger partial charge in [0.2, 0.25) is 0 Å². The molecular weight excluding hydrogens is 480 g/mol. The van der Waals surface area contributed by atoms with Crippen LogP contribution >= 0.6 is 10.6 Å². The summed E-state index contributed by atoms with van der Waals surface area (Å²) in [6.07, 6.45) is 0.547. The number of benzene rings is 2. The van der Waals surface area contributed by atoms with Crippen molar-refractivity contribution in [2.45, 2.75) is 29.7 Å². The smallest absolute Gasteiger partial charge is 0.274 e. The molecule has 1 aromatic heterocycles. The highest BCUT2D eigenvalue weighted by atomic mass is 32.3. The van der Waals surface area contributed by atoms with E-state index < -0.39 is 10.6 Å². The molecule has 2 fully saturated rings. The third kappa shape index (κ3) is 4.23. The summed E-state index contributed by atoms with van der Waals surface area (Å²) >= 11 is 0. The molecular formula is C26H30N4O5S. The lowest BCUT2D eigenvalue weighted by atomic mass is 10.0. The average molecular weight is 511 g/mol. The maximum absolute atomic E-state index is 13.5. The van der Waals surface area contributed by atoms with E-state index in [1.807, 2.05) is 36.4 Å². The summed E-state index contributed by atoms with van der Waals surface area (Å²) in [7, 11) is -3.11. The molecule has 10 heteroatoms. The van der Waals surface area contributed by atoms with Crippen LogP contribution in [-0.4, -0.2) is 85.2 Å². The maximum Gasteiger partial charge on any atom is 0.274 e. The fourth-order valence-electron chi connectivity index (χ4n) is 5.32. The summed E-state index contributed by atoms with van der Waals surface area (Å²) in [5, 5.41) is 14.6. The molecule has 4 heterocycles. The highest BCUT2D eigenvalue weighted by Gasteiger charge is 2.37. The monoisotopic (exact) mass is 510 g/mol. The van der Waals surface area contributed by atoms with Crippen LogP contribution in [0.2, 0.25) is 0 Å². The summed E-state index contributed by atoms with van der Waals surface area (Å²) in [5.41, 5.74) is 4.17. The fourth-order valence-corrected chi connectivity index (χ4v) is 6.97. The number of morpholine rings is 1. The van der Waals surface area contributed by atoms with Crippen molar-refractivity contribution in [2.75, 3.05) is 39.4 Å². The number of aliphatic hydroxyl groups excluding tert-OH is 1. The van der Waals surface area contributed by atoms with Gasteiger partial charge < -0.3 is 14.7 Å².